The van der Waals surface area contributed by atoms with Crippen molar-refractivity contribution in [2.45, 2.75) is 167 Å². The third kappa shape index (κ3) is 30.0. The highest BCUT2D eigenvalue weighted by Gasteiger charge is 2.28. The molecule has 1 N–H and O–H groups in total. The lowest BCUT2D eigenvalue weighted by atomic mass is 10.1. The second-order valence-corrected chi connectivity index (χ2v) is 15.2. The van der Waals surface area contributed by atoms with Gasteiger partial charge in [-0.15, -0.1) is 0 Å². The molecule has 1 aliphatic heterocycles. The zero-order chi connectivity index (χ0) is 43.7. The van der Waals surface area contributed by atoms with E-state index in [9.17, 15) is 14.4 Å². The van der Waals surface area contributed by atoms with Gasteiger partial charge in [0.1, 0.15) is 18.7 Å². The molecule has 1 aromatic rings. The van der Waals surface area contributed by atoms with Gasteiger partial charge in [0.15, 0.2) is 0 Å². The van der Waals surface area contributed by atoms with E-state index >= 15 is 0 Å². The van der Waals surface area contributed by atoms with E-state index < -0.39 is 11.9 Å². The topological polar surface area (TPSA) is 99.5 Å². The summed E-state index contributed by atoms with van der Waals surface area (Å²) in [6.07, 6.45) is 64.5. The predicted molar refractivity (Wildman–Crippen MR) is 256 cm³/mol. The second-order valence-electron chi connectivity index (χ2n) is 15.2. The molecule has 8 heteroatoms. The van der Waals surface area contributed by atoms with Crippen LogP contribution < -0.4 is 11.0 Å². The molecule has 1 aromatic heterocycles. The van der Waals surface area contributed by atoms with Crippen LogP contribution in [0, 0.1) is 0 Å². The zero-order valence-electron chi connectivity index (χ0n) is 37.6. The minimum atomic E-state index is -0.485. The van der Waals surface area contributed by atoms with Crippen molar-refractivity contribution < 1.29 is 19.1 Å². The van der Waals surface area contributed by atoms with E-state index in [0.29, 0.717) is 25.7 Å². The summed E-state index contributed by atoms with van der Waals surface area (Å²) < 4.78 is 12.9. The SMILES string of the molecule is CCC=CCC=CCC=CCC=CCC=CCCCCCC(=O)Nc1ccn(C2CCC(COC(=O)CCCCCC=CC=CCCC=CCC=CCC=CCC)O2)c(=O)n1. The molecule has 0 aromatic carbocycles. The highest BCUT2D eigenvalue weighted by atomic mass is 16.6. The maximum absolute atomic E-state index is 12.8. The van der Waals surface area contributed by atoms with Gasteiger partial charge in [-0.05, 0) is 122 Å². The van der Waals surface area contributed by atoms with E-state index in [-0.39, 0.29) is 30.4 Å². The molecule has 2 atom stereocenters. The molecule has 2 unspecified atom stereocenters. The van der Waals surface area contributed by atoms with Crippen molar-refractivity contribution in [2.24, 2.45) is 0 Å². The summed E-state index contributed by atoms with van der Waals surface area (Å²) >= 11 is 0. The Labute approximate surface area is 368 Å². The summed E-state index contributed by atoms with van der Waals surface area (Å²) in [4.78, 5) is 41.6. The van der Waals surface area contributed by atoms with Gasteiger partial charge in [-0.1, -0.05) is 148 Å². The Morgan fingerprint density at radius 3 is 1.70 bits per heavy atom. The number of ether oxygens (including phenoxy) is 2. The van der Waals surface area contributed by atoms with E-state index in [0.717, 1.165) is 116 Å². The van der Waals surface area contributed by atoms with Crippen molar-refractivity contribution >= 4 is 17.7 Å². The van der Waals surface area contributed by atoms with Crippen LogP contribution in [0.5, 0.6) is 0 Å². The fourth-order valence-corrected chi connectivity index (χ4v) is 6.35. The van der Waals surface area contributed by atoms with Gasteiger partial charge in [-0.25, -0.2) is 4.79 Å². The molecule has 334 valence electrons. The van der Waals surface area contributed by atoms with Gasteiger partial charge in [-0.2, -0.15) is 4.98 Å². The molecule has 0 bridgehead atoms. The first kappa shape index (κ1) is 52.3. The number of nitrogens with zero attached hydrogens (tertiary/aromatic N) is 2. The lowest BCUT2D eigenvalue weighted by Crippen LogP contribution is -2.29. The molecule has 8 nitrogen and oxygen atoms in total. The average molecular weight is 836 g/mol. The number of allylic oxidation sites excluding steroid dienone is 20. The van der Waals surface area contributed by atoms with Crippen LogP contribution in [0.25, 0.3) is 0 Å². The number of anilines is 1. The monoisotopic (exact) mass is 836 g/mol. The molecule has 1 aliphatic rings. The van der Waals surface area contributed by atoms with Crippen molar-refractivity contribution in [3.05, 3.63) is 144 Å². The molecule has 61 heavy (non-hydrogen) atoms. The van der Waals surface area contributed by atoms with Crippen molar-refractivity contribution in [1.82, 2.24) is 9.55 Å². The van der Waals surface area contributed by atoms with Crippen LogP contribution in [0.2, 0.25) is 0 Å². The minimum Gasteiger partial charge on any atom is -0.463 e. The predicted octanol–water partition coefficient (Wildman–Crippen LogP) is 13.8. The first-order valence-corrected chi connectivity index (χ1v) is 23.2. The highest BCUT2D eigenvalue weighted by molar-refractivity contribution is 5.89. The van der Waals surface area contributed by atoms with Crippen LogP contribution in [0.3, 0.4) is 0 Å². The highest BCUT2D eigenvalue weighted by Crippen LogP contribution is 2.27. The van der Waals surface area contributed by atoms with Crippen molar-refractivity contribution in [3.8, 4) is 0 Å². The number of rotatable bonds is 34. The Morgan fingerprint density at radius 1 is 0.639 bits per heavy atom. The van der Waals surface area contributed by atoms with E-state index in [4.69, 9.17) is 9.47 Å². The largest absolute Gasteiger partial charge is 0.463 e. The molecule has 1 saturated heterocycles. The number of carbonyl (C=O) groups excluding carboxylic acids is 2. The number of unbranched alkanes of at least 4 members (excludes halogenated alkanes) is 7. The Bertz CT molecular complexity index is 1670. The van der Waals surface area contributed by atoms with Crippen LogP contribution in [0.4, 0.5) is 5.82 Å². The van der Waals surface area contributed by atoms with Gasteiger partial charge in [-0.3, -0.25) is 14.2 Å². The number of aromatic nitrogens is 2. The summed E-state index contributed by atoms with van der Waals surface area (Å²) in [7, 11) is 0. The fourth-order valence-electron chi connectivity index (χ4n) is 6.35. The zero-order valence-corrected chi connectivity index (χ0v) is 37.6. The molecule has 0 radical (unpaired) electrons. The smallest absolute Gasteiger partial charge is 0.351 e. The summed E-state index contributed by atoms with van der Waals surface area (Å²) in [5, 5.41) is 2.75. The molecular weight excluding hydrogens is 759 g/mol. The lowest BCUT2D eigenvalue weighted by molar-refractivity contribution is -0.148. The number of nitrogens with one attached hydrogen (secondary N) is 1. The average Bonchev–Trinajstić information content (AvgIpc) is 3.73. The van der Waals surface area contributed by atoms with Crippen molar-refractivity contribution in [1.29, 1.82) is 0 Å². The van der Waals surface area contributed by atoms with Crippen LogP contribution in [0.1, 0.15) is 161 Å². The Morgan fingerprint density at radius 2 is 1.13 bits per heavy atom. The van der Waals surface area contributed by atoms with Gasteiger partial charge in [0.25, 0.3) is 0 Å². The molecule has 0 saturated carbocycles. The third-order valence-corrected chi connectivity index (χ3v) is 9.77. The van der Waals surface area contributed by atoms with E-state index in [2.05, 4.69) is 146 Å². The fraction of sp³-hybridized carbons (Fsp3) is 0.509. The molecule has 0 spiro atoms. The maximum Gasteiger partial charge on any atom is 0.351 e. The first-order valence-electron chi connectivity index (χ1n) is 23.2. The number of hydrogen-bond donors (Lipinski definition) is 1. The second kappa shape index (κ2) is 38.1. The van der Waals surface area contributed by atoms with Crippen molar-refractivity contribution in [2.75, 3.05) is 11.9 Å². The molecule has 2 heterocycles. The third-order valence-electron chi connectivity index (χ3n) is 9.77. The van der Waals surface area contributed by atoms with Gasteiger partial charge < -0.3 is 14.8 Å². The Kier molecular flexibility index (Phi) is 32.7. The summed E-state index contributed by atoms with van der Waals surface area (Å²) in [5.41, 5.74) is -0.485. The first-order chi connectivity index (χ1) is 30.0. The molecular formula is C53H77N3O5. The Hall–Kier alpha value is -4.82. The number of amides is 1. The number of carbonyl (C=O) groups is 2. The van der Waals surface area contributed by atoms with Crippen LogP contribution >= 0.6 is 0 Å². The van der Waals surface area contributed by atoms with Gasteiger partial charge >= 0.3 is 11.7 Å². The Balaban J connectivity index is 1.48. The standard InChI is InChI=1S/C53H77N3O5/c1-3-5-7-9-11-13-15-17-19-21-23-25-27-29-31-33-35-37-39-41-50(57)54-49-45-46-56(53(59)55-49)51-44-43-48(61-51)47-60-52(58)42-40-38-36-34-32-30-28-26-24-22-20-18-16-14-12-10-8-6-4-2/h5-8,11-14,17-20,23,25-26,28-32,45-46,48,51H,3-4,9-10,15-16,21-22,24,27,33-44,47H2,1-2H3,(H,54,55,57,59). The molecule has 2 rings (SSSR count). The van der Waals surface area contributed by atoms with E-state index in [1.807, 2.05) is 0 Å². The summed E-state index contributed by atoms with van der Waals surface area (Å²) in [6, 6.07) is 1.62. The van der Waals surface area contributed by atoms with E-state index in [1.165, 1.54) is 4.57 Å². The molecule has 0 aliphatic carbocycles. The maximum atomic E-state index is 12.8. The van der Waals surface area contributed by atoms with Gasteiger partial charge in [0.2, 0.25) is 5.91 Å². The van der Waals surface area contributed by atoms with Crippen LogP contribution in [-0.2, 0) is 19.1 Å². The normalized spacial score (nSPS) is 16.4. The van der Waals surface area contributed by atoms with Crippen molar-refractivity contribution in [3.63, 3.8) is 0 Å². The number of esters is 1. The quantitative estimate of drug-likeness (QED) is 0.0321. The van der Waals surface area contributed by atoms with Gasteiger partial charge in [0, 0.05) is 19.0 Å². The number of hydrogen-bond acceptors (Lipinski definition) is 6. The van der Waals surface area contributed by atoms with Gasteiger partial charge in [0.05, 0.1) is 6.10 Å². The van der Waals surface area contributed by atoms with Crippen LogP contribution in [-0.4, -0.2) is 34.1 Å². The molecule has 1 amide bonds. The molecule has 1 fully saturated rings. The lowest BCUT2D eigenvalue weighted by Gasteiger charge is -2.16. The minimum absolute atomic E-state index is 0.149. The summed E-state index contributed by atoms with van der Waals surface area (Å²) in [5.74, 6) is -0.126. The van der Waals surface area contributed by atoms with E-state index in [1.54, 1.807) is 12.3 Å². The van der Waals surface area contributed by atoms with Crippen LogP contribution in [0.15, 0.2) is 139 Å². The summed E-state index contributed by atoms with van der Waals surface area (Å²) in [6.45, 7) is 4.47.